The Balaban J connectivity index is 2.09. The van der Waals surface area contributed by atoms with Crippen molar-refractivity contribution in [1.29, 1.82) is 0 Å². The molecule has 3 nitrogen and oxygen atoms in total. The van der Waals surface area contributed by atoms with E-state index < -0.39 is 5.82 Å². The highest BCUT2D eigenvalue weighted by Crippen LogP contribution is 2.24. The van der Waals surface area contributed by atoms with Gasteiger partial charge in [-0.1, -0.05) is 30.3 Å². The highest BCUT2D eigenvalue weighted by atomic mass is 19.1. The number of carbonyl (C=O) groups excluding carboxylic acids is 1. The molecule has 0 radical (unpaired) electrons. The lowest BCUT2D eigenvalue weighted by Crippen LogP contribution is -2.15. The van der Waals surface area contributed by atoms with Gasteiger partial charge in [0, 0.05) is 6.07 Å². The lowest BCUT2D eigenvalue weighted by atomic mass is 10.1. The predicted molar refractivity (Wildman–Crippen MR) is 71.7 cm³/mol. The number of hydrogen-bond acceptors (Lipinski definition) is 2. The fraction of sp³-hybridized carbons (Fsp3) is 0.133. The maximum atomic E-state index is 13.2. The van der Waals surface area contributed by atoms with Gasteiger partial charge in [-0.3, -0.25) is 4.79 Å². The molecule has 19 heavy (non-hydrogen) atoms. The van der Waals surface area contributed by atoms with Crippen LogP contribution in [0.4, 0.5) is 10.1 Å². The Morgan fingerprint density at radius 1 is 1.21 bits per heavy atom. The first-order valence-corrected chi connectivity index (χ1v) is 5.86. The van der Waals surface area contributed by atoms with E-state index in [-0.39, 0.29) is 12.3 Å². The first kappa shape index (κ1) is 13.1. The molecule has 0 bridgehead atoms. The summed E-state index contributed by atoms with van der Waals surface area (Å²) in [5, 5.41) is 2.65. The molecule has 2 aromatic carbocycles. The zero-order valence-electron chi connectivity index (χ0n) is 10.5. The molecule has 0 aliphatic heterocycles. The zero-order chi connectivity index (χ0) is 13.7. The summed E-state index contributed by atoms with van der Waals surface area (Å²) in [6.45, 7) is 0. The van der Waals surface area contributed by atoms with Crippen LogP contribution < -0.4 is 10.1 Å². The molecular formula is C15H14FNO2. The zero-order valence-corrected chi connectivity index (χ0v) is 10.5. The van der Waals surface area contributed by atoms with Gasteiger partial charge in [0.25, 0.3) is 0 Å². The summed E-state index contributed by atoms with van der Waals surface area (Å²) < 4.78 is 18.2. The SMILES string of the molecule is COc1ccc(F)cc1NC(=O)Cc1ccccc1. The number of carbonyl (C=O) groups is 1. The van der Waals surface area contributed by atoms with Gasteiger partial charge in [-0.15, -0.1) is 0 Å². The van der Waals surface area contributed by atoms with Crippen molar-refractivity contribution in [2.24, 2.45) is 0 Å². The Labute approximate surface area is 111 Å². The molecule has 0 unspecified atom stereocenters. The molecular weight excluding hydrogens is 245 g/mol. The van der Waals surface area contributed by atoms with Gasteiger partial charge in [-0.2, -0.15) is 0 Å². The van der Waals surface area contributed by atoms with Crippen molar-refractivity contribution < 1.29 is 13.9 Å². The van der Waals surface area contributed by atoms with Crippen molar-refractivity contribution >= 4 is 11.6 Å². The molecule has 0 saturated carbocycles. The van der Waals surface area contributed by atoms with Crippen LogP contribution in [0.3, 0.4) is 0 Å². The van der Waals surface area contributed by atoms with Crippen LogP contribution in [0.25, 0.3) is 0 Å². The van der Waals surface area contributed by atoms with Crippen molar-refractivity contribution in [3.8, 4) is 5.75 Å². The number of ether oxygens (including phenoxy) is 1. The minimum absolute atomic E-state index is 0.213. The van der Waals surface area contributed by atoms with E-state index in [4.69, 9.17) is 4.74 Å². The average Bonchev–Trinajstić information content (AvgIpc) is 2.40. The van der Waals surface area contributed by atoms with Gasteiger partial charge in [-0.25, -0.2) is 4.39 Å². The van der Waals surface area contributed by atoms with E-state index in [0.29, 0.717) is 11.4 Å². The van der Waals surface area contributed by atoms with E-state index in [1.807, 2.05) is 30.3 Å². The first-order valence-electron chi connectivity index (χ1n) is 5.86. The molecule has 0 spiro atoms. The number of methoxy groups -OCH3 is 1. The third-order valence-corrected chi connectivity index (χ3v) is 2.64. The average molecular weight is 259 g/mol. The minimum Gasteiger partial charge on any atom is -0.495 e. The van der Waals surface area contributed by atoms with Gasteiger partial charge in [0.2, 0.25) is 5.91 Å². The fourth-order valence-corrected chi connectivity index (χ4v) is 1.75. The monoisotopic (exact) mass is 259 g/mol. The van der Waals surface area contributed by atoms with Gasteiger partial charge in [0.05, 0.1) is 19.2 Å². The number of hydrogen-bond donors (Lipinski definition) is 1. The molecule has 98 valence electrons. The summed E-state index contributed by atoms with van der Waals surface area (Å²) in [7, 11) is 1.47. The van der Waals surface area contributed by atoms with Crippen LogP contribution in [-0.2, 0) is 11.2 Å². The summed E-state index contributed by atoms with van der Waals surface area (Å²) in [6.07, 6.45) is 0.237. The van der Waals surface area contributed by atoms with Crippen LogP contribution >= 0.6 is 0 Å². The second kappa shape index (κ2) is 6.00. The lowest BCUT2D eigenvalue weighted by Gasteiger charge is -2.10. The summed E-state index contributed by atoms with van der Waals surface area (Å²) >= 11 is 0. The second-order valence-corrected chi connectivity index (χ2v) is 4.06. The van der Waals surface area contributed by atoms with Gasteiger partial charge in [-0.05, 0) is 17.7 Å². The normalized spacial score (nSPS) is 10.0. The van der Waals surface area contributed by atoms with E-state index in [2.05, 4.69) is 5.32 Å². The number of nitrogens with one attached hydrogen (secondary N) is 1. The van der Waals surface area contributed by atoms with Crippen LogP contribution in [0, 0.1) is 5.82 Å². The smallest absolute Gasteiger partial charge is 0.228 e. The second-order valence-electron chi connectivity index (χ2n) is 4.06. The quantitative estimate of drug-likeness (QED) is 0.916. The highest BCUT2D eigenvalue weighted by molar-refractivity contribution is 5.93. The molecule has 0 heterocycles. The topological polar surface area (TPSA) is 38.3 Å². The summed E-state index contributed by atoms with van der Waals surface area (Å²) in [5.74, 6) is -0.200. The lowest BCUT2D eigenvalue weighted by molar-refractivity contribution is -0.115. The van der Waals surface area contributed by atoms with Gasteiger partial charge in [0.1, 0.15) is 11.6 Å². The molecule has 1 N–H and O–H groups in total. The van der Waals surface area contributed by atoms with Crippen LogP contribution in [0.5, 0.6) is 5.75 Å². The van der Waals surface area contributed by atoms with Crippen LogP contribution in [-0.4, -0.2) is 13.0 Å². The van der Waals surface area contributed by atoms with Crippen molar-refractivity contribution in [1.82, 2.24) is 0 Å². The van der Waals surface area contributed by atoms with Gasteiger partial charge >= 0.3 is 0 Å². The molecule has 0 aliphatic rings. The molecule has 0 atom stereocenters. The molecule has 2 aromatic rings. The van der Waals surface area contributed by atoms with Crippen LogP contribution in [0.2, 0.25) is 0 Å². The van der Waals surface area contributed by atoms with Gasteiger partial charge in [0.15, 0.2) is 0 Å². The molecule has 4 heteroatoms. The molecule has 2 rings (SSSR count). The molecule has 0 saturated heterocycles. The summed E-state index contributed by atoms with van der Waals surface area (Å²) in [5.41, 5.74) is 1.24. The third kappa shape index (κ3) is 3.55. The number of amides is 1. The highest BCUT2D eigenvalue weighted by Gasteiger charge is 2.09. The maximum absolute atomic E-state index is 13.2. The van der Waals surface area contributed by atoms with Crippen molar-refractivity contribution in [3.05, 3.63) is 59.9 Å². The largest absolute Gasteiger partial charge is 0.495 e. The van der Waals surface area contributed by atoms with Crippen molar-refractivity contribution in [3.63, 3.8) is 0 Å². The fourth-order valence-electron chi connectivity index (χ4n) is 1.75. The number of anilines is 1. The van der Waals surface area contributed by atoms with E-state index in [0.717, 1.165) is 5.56 Å². The van der Waals surface area contributed by atoms with E-state index >= 15 is 0 Å². The summed E-state index contributed by atoms with van der Waals surface area (Å²) in [4.78, 5) is 11.9. The predicted octanol–water partition coefficient (Wildman–Crippen LogP) is 3.02. The van der Waals surface area contributed by atoms with Crippen molar-refractivity contribution in [2.45, 2.75) is 6.42 Å². The van der Waals surface area contributed by atoms with Crippen molar-refractivity contribution in [2.75, 3.05) is 12.4 Å². The van der Waals surface area contributed by atoms with E-state index in [9.17, 15) is 9.18 Å². The Hall–Kier alpha value is -2.36. The van der Waals surface area contributed by atoms with Crippen LogP contribution in [0.1, 0.15) is 5.56 Å². The maximum Gasteiger partial charge on any atom is 0.228 e. The molecule has 0 fully saturated rings. The number of rotatable bonds is 4. The Morgan fingerprint density at radius 3 is 2.63 bits per heavy atom. The number of halogens is 1. The molecule has 1 amide bonds. The van der Waals surface area contributed by atoms with Crippen LogP contribution in [0.15, 0.2) is 48.5 Å². The summed E-state index contributed by atoms with van der Waals surface area (Å²) in [6, 6.07) is 13.3. The Bertz CT molecular complexity index is 570. The Morgan fingerprint density at radius 2 is 1.95 bits per heavy atom. The first-order chi connectivity index (χ1) is 9.19. The molecule has 0 aromatic heterocycles. The third-order valence-electron chi connectivity index (χ3n) is 2.64. The Kier molecular flexibility index (Phi) is 4.13. The minimum atomic E-state index is -0.421. The van der Waals surface area contributed by atoms with Gasteiger partial charge < -0.3 is 10.1 Å². The standard InChI is InChI=1S/C15H14FNO2/c1-19-14-8-7-12(16)10-13(14)17-15(18)9-11-5-3-2-4-6-11/h2-8,10H,9H2,1H3,(H,17,18). The van der Waals surface area contributed by atoms with E-state index in [1.54, 1.807) is 0 Å². The number of benzene rings is 2. The molecule has 0 aliphatic carbocycles. The van der Waals surface area contributed by atoms with E-state index in [1.165, 1.54) is 25.3 Å².